The molecular formula is C14H23NS. The van der Waals surface area contributed by atoms with Crippen LogP contribution in [-0.2, 0) is 0 Å². The van der Waals surface area contributed by atoms with E-state index in [9.17, 15) is 0 Å². The molecule has 0 bridgehead atoms. The zero-order valence-electron chi connectivity index (χ0n) is 10.6. The molecular weight excluding hydrogens is 214 g/mol. The van der Waals surface area contributed by atoms with Gasteiger partial charge in [-0.1, -0.05) is 32.8 Å². The average Bonchev–Trinajstić information content (AvgIpc) is 2.78. The lowest BCUT2D eigenvalue weighted by Gasteiger charge is -2.36. The number of rotatable bonds is 3. The van der Waals surface area contributed by atoms with Crippen LogP contribution in [0.15, 0.2) is 17.5 Å². The standard InChI is InChI=1S/C14H23NS/c1-10-6-4-7-13(11(10)2)15-12(3)14-8-5-9-16-14/h5,8-13,15H,4,6-7H2,1-3H3. The average molecular weight is 237 g/mol. The Kier molecular flexibility index (Phi) is 4.04. The molecule has 1 aromatic rings. The molecule has 1 nitrogen and oxygen atoms in total. The SMILES string of the molecule is CC(NC1CCCC(C)C1C)c1cccs1. The van der Waals surface area contributed by atoms with Gasteiger partial charge < -0.3 is 5.32 Å². The van der Waals surface area contributed by atoms with E-state index >= 15 is 0 Å². The Morgan fingerprint density at radius 3 is 2.88 bits per heavy atom. The summed E-state index contributed by atoms with van der Waals surface area (Å²) in [5, 5.41) is 5.98. The van der Waals surface area contributed by atoms with Gasteiger partial charge in [0.1, 0.15) is 0 Å². The molecule has 2 heteroatoms. The fraction of sp³-hybridized carbons (Fsp3) is 0.714. The van der Waals surface area contributed by atoms with E-state index in [1.165, 1.54) is 24.1 Å². The lowest BCUT2D eigenvalue weighted by molar-refractivity contribution is 0.197. The lowest BCUT2D eigenvalue weighted by Crippen LogP contribution is -2.41. The molecule has 1 heterocycles. The third-order valence-corrected chi connectivity index (χ3v) is 5.20. The van der Waals surface area contributed by atoms with Crippen LogP contribution >= 0.6 is 11.3 Å². The number of hydrogen-bond acceptors (Lipinski definition) is 2. The van der Waals surface area contributed by atoms with Crippen LogP contribution in [0.5, 0.6) is 0 Å². The molecule has 0 saturated heterocycles. The van der Waals surface area contributed by atoms with Gasteiger partial charge in [0.25, 0.3) is 0 Å². The Morgan fingerprint density at radius 2 is 2.19 bits per heavy atom. The van der Waals surface area contributed by atoms with Crippen LogP contribution < -0.4 is 5.32 Å². The second kappa shape index (κ2) is 5.33. The van der Waals surface area contributed by atoms with E-state index < -0.39 is 0 Å². The Balaban J connectivity index is 1.93. The second-order valence-electron chi connectivity index (χ2n) is 5.28. The van der Waals surface area contributed by atoms with Crippen LogP contribution in [-0.4, -0.2) is 6.04 Å². The van der Waals surface area contributed by atoms with Crippen LogP contribution in [0, 0.1) is 11.8 Å². The van der Waals surface area contributed by atoms with Gasteiger partial charge in [0.2, 0.25) is 0 Å². The van der Waals surface area contributed by atoms with Gasteiger partial charge in [-0.15, -0.1) is 11.3 Å². The zero-order chi connectivity index (χ0) is 11.5. The van der Waals surface area contributed by atoms with Crippen molar-refractivity contribution < 1.29 is 0 Å². The summed E-state index contributed by atoms with van der Waals surface area (Å²) in [4.78, 5) is 1.46. The van der Waals surface area contributed by atoms with Gasteiger partial charge in [0.15, 0.2) is 0 Å². The molecule has 0 aromatic carbocycles. The molecule has 1 aromatic heterocycles. The van der Waals surface area contributed by atoms with Crippen molar-refractivity contribution in [1.29, 1.82) is 0 Å². The van der Waals surface area contributed by atoms with Crippen LogP contribution in [0.1, 0.15) is 51.0 Å². The topological polar surface area (TPSA) is 12.0 Å². The van der Waals surface area contributed by atoms with Gasteiger partial charge in [-0.3, -0.25) is 0 Å². The molecule has 4 atom stereocenters. The van der Waals surface area contributed by atoms with E-state index in [0.29, 0.717) is 12.1 Å². The Hall–Kier alpha value is -0.340. The minimum absolute atomic E-state index is 0.512. The van der Waals surface area contributed by atoms with E-state index in [2.05, 4.69) is 43.6 Å². The first kappa shape index (κ1) is 12.1. The summed E-state index contributed by atoms with van der Waals surface area (Å²) >= 11 is 1.86. The second-order valence-corrected chi connectivity index (χ2v) is 6.26. The summed E-state index contributed by atoms with van der Waals surface area (Å²) < 4.78 is 0. The van der Waals surface area contributed by atoms with E-state index in [1.54, 1.807) is 0 Å². The minimum Gasteiger partial charge on any atom is -0.306 e. The predicted octanol–water partition coefficient (Wildman–Crippen LogP) is 4.22. The summed E-state index contributed by atoms with van der Waals surface area (Å²) in [6.45, 7) is 7.09. The predicted molar refractivity (Wildman–Crippen MR) is 71.8 cm³/mol. The van der Waals surface area contributed by atoms with Crippen molar-refractivity contribution in [3.8, 4) is 0 Å². The summed E-state index contributed by atoms with van der Waals surface area (Å²) in [5.41, 5.74) is 0. The molecule has 0 aliphatic heterocycles. The molecule has 2 rings (SSSR count). The van der Waals surface area contributed by atoms with Crippen LogP contribution in [0.25, 0.3) is 0 Å². The highest BCUT2D eigenvalue weighted by Gasteiger charge is 2.27. The van der Waals surface area contributed by atoms with Gasteiger partial charge in [-0.2, -0.15) is 0 Å². The van der Waals surface area contributed by atoms with Crippen molar-refractivity contribution in [2.45, 2.75) is 52.1 Å². The molecule has 1 fully saturated rings. The van der Waals surface area contributed by atoms with Crippen molar-refractivity contribution in [3.63, 3.8) is 0 Å². The highest BCUT2D eigenvalue weighted by Crippen LogP contribution is 2.31. The van der Waals surface area contributed by atoms with Gasteiger partial charge in [-0.25, -0.2) is 0 Å². The first-order valence-electron chi connectivity index (χ1n) is 6.48. The molecule has 0 radical (unpaired) electrons. The third-order valence-electron chi connectivity index (χ3n) is 4.14. The summed E-state index contributed by atoms with van der Waals surface area (Å²) in [6.07, 6.45) is 4.15. The monoisotopic (exact) mass is 237 g/mol. The van der Waals surface area contributed by atoms with Crippen LogP contribution in [0.2, 0.25) is 0 Å². The maximum Gasteiger partial charge on any atom is 0.0388 e. The van der Waals surface area contributed by atoms with E-state index in [0.717, 1.165) is 11.8 Å². The molecule has 4 unspecified atom stereocenters. The third kappa shape index (κ3) is 2.67. The molecule has 0 amide bonds. The van der Waals surface area contributed by atoms with Crippen LogP contribution in [0.3, 0.4) is 0 Å². The van der Waals surface area contributed by atoms with Gasteiger partial charge in [-0.05, 0) is 36.6 Å². The minimum atomic E-state index is 0.512. The molecule has 16 heavy (non-hydrogen) atoms. The normalized spacial score (nSPS) is 32.6. The first-order chi connectivity index (χ1) is 7.68. The highest BCUT2D eigenvalue weighted by atomic mass is 32.1. The van der Waals surface area contributed by atoms with Crippen molar-refractivity contribution in [3.05, 3.63) is 22.4 Å². The van der Waals surface area contributed by atoms with Crippen molar-refractivity contribution in [1.82, 2.24) is 5.32 Å². The van der Waals surface area contributed by atoms with Gasteiger partial charge >= 0.3 is 0 Å². The Bertz CT molecular complexity index is 307. The fourth-order valence-electron chi connectivity index (χ4n) is 2.76. The van der Waals surface area contributed by atoms with Crippen molar-refractivity contribution in [2.75, 3.05) is 0 Å². The van der Waals surface area contributed by atoms with Gasteiger partial charge in [0, 0.05) is 17.0 Å². The summed E-state index contributed by atoms with van der Waals surface area (Å²) in [5.74, 6) is 1.69. The number of thiophene rings is 1. The summed E-state index contributed by atoms with van der Waals surface area (Å²) in [7, 11) is 0. The quantitative estimate of drug-likeness (QED) is 0.830. The smallest absolute Gasteiger partial charge is 0.0388 e. The Labute approximate surface area is 103 Å². The largest absolute Gasteiger partial charge is 0.306 e. The van der Waals surface area contributed by atoms with E-state index in [-0.39, 0.29) is 0 Å². The van der Waals surface area contributed by atoms with Crippen molar-refractivity contribution in [2.24, 2.45) is 11.8 Å². The number of nitrogens with one attached hydrogen (secondary N) is 1. The molecule has 0 spiro atoms. The molecule has 1 aliphatic carbocycles. The van der Waals surface area contributed by atoms with Gasteiger partial charge in [0.05, 0.1) is 0 Å². The fourth-order valence-corrected chi connectivity index (χ4v) is 3.50. The summed E-state index contributed by atoms with van der Waals surface area (Å²) in [6, 6.07) is 5.60. The highest BCUT2D eigenvalue weighted by molar-refractivity contribution is 7.10. The zero-order valence-corrected chi connectivity index (χ0v) is 11.4. The Morgan fingerprint density at radius 1 is 1.38 bits per heavy atom. The first-order valence-corrected chi connectivity index (χ1v) is 7.36. The molecule has 1 saturated carbocycles. The molecule has 1 N–H and O–H groups in total. The van der Waals surface area contributed by atoms with Crippen molar-refractivity contribution >= 4 is 11.3 Å². The molecule has 90 valence electrons. The van der Waals surface area contributed by atoms with E-state index in [4.69, 9.17) is 0 Å². The lowest BCUT2D eigenvalue weighted by atomic mass is 9.78. The van der Waals surface area contributed by atoms with E-state index in [1.807, 2.05) is 11.3 Å². The number of hydrogen-bond donors (Lipinski definition) is 1. The maximum absolute atomic E-state index is 3.81. The molecule has 1 aliphatic rings. The maximum atomic E-state index is 3.81. The van der Waals surface area contributed by atoms with Crippen LogP contribution in [0.4, 0.5) is 0 Å².